The molecule has 6 heteroatoms. The van der Waals surface area contributed by atoms with Gasteiger partial charge >= 0.3 is 0 Å². The molecule has 0 saturated carbocycles. The molecule has 1 aliphatic heterocycles. The molecule has 1 aromatic rings. The molecule has 0 aromatic heterocycles. The van der Waals surface area contributed by atoms with Gasteiger partial charge in [-0.2, -0.15) is 0 Å². The van der Waals surface area contributed by atoms with Gasteiger partial charge in [0.1, 0.15) is 5.82 Å². The maximum Gasteiger partial charge on any atom is 0.191 e. The van der Waals surface area contributed by atoms with Crippen molar-refractivity contribution in [1.82, 2.24) is 15.5 Å². The summed E-state index contributed by atoms with van der Waals surface area (Å²) in [6, 6.07) is 7.40. The van der Waals surface area contributed by atoms with E-state index in [0.717, 1.165) is 44.0 Å². The second-order valence-corrected chi connectivity index (χ2v) is 6.36. The molecule has 2 N–H and O–H groups in total. The maximum atomic E-state index is 13.6. The summed E-state index contributed by atoms with van der Waals surface area (Å²) in [6.45, 7) is 9.22. The quantitative estimate of drug-likeness (QED) is 0.371. The van der Waals surface area contributed by atoms with Crippen LogP contribution >= 0.6 is 24.0 Å². The van der Waals surface area contributed by atoms with E-state index >= 15 is 0 Å². The highest BCUT2D eigenvalue weighted by Crippen LogP contribution is 2.11. The highest BCUT2D eigenvalue weighted by atomic mass is 127. The lowest BCUT2D eigenvalue weighted by atomic mass is 10.1. The van der Waals surface area contributed by atoms with Gasteiger partial charge in [0.15, 0.2) is 5.96 Å². The number of halogens is 2. The van der Waals surface area contributed by atoms with Crippen molar-refractivity contribution >= 4 is 29.9 Å². The number of guanidine groups is 1. The second kappa shape index (κ2) is 12.5. The van der Waals surface area contributed by atoms with Crippen molar-refractivity contribution in [3.05, 3.63) is 35.6 Å². The Morgan fingerprint density at radius 2 is 1.96 bits per heavy atom. The lowest BCUT2D eigenvalue weighted by Crippen LogP contribution is -2.48. The molecular formula is C19H32FIN4. The number of hydrogen-bond acceptors (Lipinski definition) is 2. The summed E-state index contributed by atoms with van der Waals surface area (Å²) in [5.74, 6) is 0.705. The summed E-state index contributed by atoms with van der Waals surface area (Å²) in [7, 11) is 0. The molecular weight excluding hydrogens is 430 g/mol. The van der Waals surface area contributed by atoms with E-state index in [0.29, 0.717) is 19.0 Å². The minimum Gasteiger partial charge on any atom is -0.357 e. The summed E-state index contributed by atoms with van der Waals surface area (Å²) in [5, 5.41) is 6.84. The Kier molecular flexibility index (Phi) is 11.0. The van der Waals surface area contributed by atoms with Crippen molar-refractivity contribution in [3.63, 3.8) is 0 Å². The van der Waals surface area contributed by atoms with Gasteiger partial charge in [0.05, 0.1) is 0 Å². The molecule has 0 amide bonds. The van der Waals surface area contributed by atoms with Crippen molar-refractivity contribution in [3.8, 4) is 0 Å². The third kappa shape index (κ3) is 7.90. The average Bonchev–Trinajstić information content (AvgIpc) is 2.59. The number of piperidine rings is 1. The Balaban J connectivity index is 0.00000312. The number of benzene rings is 1. The van der Waals surface area contributed by atoms with Gasteiger partial charge in [-0.05, 0) is 50.8 Å². The fraction of sp³-hybridized carbons (Fsp3) is 0.632. The highest BCUT2D eigenvalue weighted by Gasteiger charge is 2.19. The summed E-state index contributed by atoms with van der Waals surface area (Å²) in [6.07, 6.45) is 4.14. The third-order valence-corrected chi connectivity index (χ3v) is 4.42. The SMILES string of the molecule is CCCN1CCC(NC(=NCCc2ccccc2F)NCC)CC1.I. The van der Waals surface area contributed by atoms with Crippen LogP contribution in [-0.4, -0.2) is 49.6 Å². The van der Waals surface area contributed by atoms with Gasteiger partial charge in [0.25, 0.3) is 0 Å². The first-order valence-electron chi connectivity index (χ1n) is 9.23. The van der Waals surface area contributed by atoms with E-state index in [1.54, 1.807) is 6.07 Å². The van der Waals surface area contributed by atoms with Crippen molar-refractivity contribution < 1.29 is 4.39 Å². The topological polar surface area (TPSA) is 39.7 Å². The smallest absolute Gasteiger partial charge is 0.191 e. The van der Waals surface area contributed by atoms with E-state index in [-0.39, 0.29) is 29.8 Å². The van der Waals surface area contributed by atoms with Crippen LogP contribution in [0.15, 0.2) is 29.3 Å². The zero-order valence-electron chi connectivity index (χ0n) is 15.4. The molecule has 142 valence electrons. The first-order chi connectivity index (χ1) is 11.7. The monoisotopic (exact) mass is 462 g/mol. The molecule has 1 fully saturated rings. The van der Waals surface area contributed by atoms with E-state index in [1.165, 1.54) is 19.0 Å². The highest BCUT2D eigenvalue weighted by molar-refractivity contribution is 14.0. The van der Waals surface area contributed by atoms with Crippen LogP contribution < -0.4 is 10.6 Å². The van der Waals surface area contributed by atoms with E-state index in [1.807, 2.05) is 12.1 Å². The Labute approximate surface area is 168 Å². The minimum atomic E-state index is -0.144. The fourth-order valence-electron chi connectivity index (χ4n) is 3.12. The molecule has 0 bridgehead atoms. The Hall–Kier alpha value is -0.890. The molecule has 1 aliphatic rings. The zero-order chi connectivity index (χ0) is 17.2. The van der Waals surface area contributed by atoms with Gasteiger partial charge in [0, 0.05) is 32.2 Å². The van der Waals surface area contributed by atoms with E-state index in [9.17, 15) is 4.39 Å². The third-order valence-electron chi connectivity index (χ3n) is 4.42. The number of rotatable bonds is 7. The summed E-state index contributed by atoms with van der Waals surface area (Å²) < 4.78 is 13.6. The lowest BCUT2D eigenvalue weighted by Gasteiger charge is -2.32. The maximum absolute atomic E-state index is 13.6. The van der Waals surface area contributed by atoms with Crippen LogP contribution in [-0.2, 0) is 6.42 Å². The van der Waals surface area contributed by atoms with Gasteiger partial charge in [-0.25, -0.2) is 4.39 Å². The van der Waals surface area contributed by atoms with E-state index < -0.39 is 0 Å². The first-order valence-corrected chi connectivity index (χ1v) is 9.23. The largest absolute Gasteiger partial charge is 0.357 e. The van der Waals surface area contributed by atoms with Gasteiger partial charge in [0.2, 0.25) is 0 Å². The zero-order valence-corrected chi connectivity index (χ0v) is 17.8. The Bertz CT molecular complexity index is 516. The van der Waals surface area contributed by atoms with Gasteiger partial charge in [-0.3, -0.25) is 4.99 Å². The molecule has 4 nitrogen and oxygen atoms in total. The van der Waals surface area contributed by atoms with E-state index in [2.05, 4.69) is 34.4 Å². The van der Waals surface area contributed by atoms with Crippen LogP contribution in [0.2, 0.25) is 0 Å². The molecule has 1 aromatic carbocycles. The Morgan fingerprint density at radius 1 is 1.24 bits per heavy atom. The molecule has 2 rings (SSSR count). The predicted molar refractivity (Wildman–Crippen MR) is 114 cm³/mol. The molecule has 0 unspecified atom stereocenters. The van der Waals surface area contributed by atoms with Crippen molar-refractivity contribution in [2.45, 2.75) is 45.6 Å². The number of hydrogen-bond donors (Lipinski definition) is 2. The van der Waals surface area contributed by atoms with Crippen molar-refractivity contribution in [2.24, 2.45) is 4.99 Å². The van der Waals surface area contributed by atoms with Crippen LogP contribution in [0.1, 0.15) is 38.7 Å². The second-order valence-electron chi connectivity index (χ2n) is 6.36. The first kappa shape index (κ1) is 22.2. The molecule has 1 saturated heterocycles. The number of nitrogens with zero attached hydrogens (tertiary/aromatic N) is 2. The standard InChI is InChI=1S/C19H31FN4.HI/c1-3-13-24-14-10-17(11-15-24)23-19(21-4-2)22-12-9-16-7-5-6-8-18(16)20;/h5-8,17H,3-4,9-15H2,1-2H3,(H2,21,22,23);1H. The van der Waals surface area contributed by atoms with Crippen LogP contribution in [0.25, 0.3) is 0 Å². The van der Waals surface area contributed by atoms with Crippen molar-refractivity contribution in [2.75, 3.05) is 32.7 Å². The molecule has 0 atom stereocenters. The molecule has 0 aliphatic carbocycles. The molecule has 1 heterocycles. The summed E-state index contributed by atoms with van der Waals surface area (Å²) in [4.78, 5) is 7.14. The number of nitrogens with one attached hydrogen (secondary N) is 2. The summed E-state index contributed by atoms with van der Waals surface area (Å²) in [5.41, 5.74) is 0.727. The van der Waals surface area contributed by atoms with Crippen molar-refractivity contribution in [1.29, 1.82) is 0 Å². The predicted octanol–water partition coefficient (Wildman–Crippen LogP) is 3.42. The van der Waals surface area contributed by atoms with Gasteiger partial charge in [-0.15, -0.1) is 24.0 Å². The van der Waals surface area contributed by atoms with Crippen LogP contribution in [0.3, 0.4) is 0 Å². The number of likely N-dealkylation sites (tertiary alicyclic amines) is 1. The summed E-state index contributed by atoms with van der Waals surface area (Å²) >= 11 is 0. The van der Waals surface area contributed by atoms with E-state index in [4.69, 9.17) is 0 Å². The van der Waals surface area contributed by atoms with Gasteiger partial charge < -0.3 is 15.5 Å². The van der Waals surface area contributed by atoms with Crippen LogP contribution in [0.5, 0.6) is 0 Å². The molecule has 25 heavy (non-hydrogen) atoms. The lowest BCUT2D eigenvalue weighted by molar-refractivity contribution is 0.206. The molecule has 0 spiro atoms. The average molecular weight is 462 g/mol. The normalized spacial score (nSPS) is 16.4. The van der Waals surface area contributed by atoms with Crippen LogP contribution in [0.4, 0.5) is 4.39 Å². The Morgan fingerprint density at radius 3 is 2.60 bits per heavy atom. The minimum absolute atomic E-state index is 0. The van der Waals surface area contributed by atoms with Crippen LogP contribution in [0, 0.1) is 5.82 Å². The van der Waals surface area contributed by atoms with Gasteiger partial charge in [-0.1, -0.05) is 25.1 Å². The number of aliphatic imine (C=N–C) groups is 1. The molecule has 0 radical (unpaired) electrons. The fourth-order valence-corrected chi connectivity index (χ4v) is 3.12.